The minimum atomic E-state index is 0.693. The first-order valence-electron chi connectivity index (χ1n) is 5.58. The first-order valence-corrected chi connectivity index (χ1v) is 6.37. The van der Waals surface area contributed by atoms with Crippen LogP contribution in [0.2, 0.25) is 5.02 Å². The van der Waals surface area contributed by atoms with Crippen LogP contribution in [0.1, 0.15) is 0 Å². The van der Waals surface area contributed by atoms with Gasteiger partial charge in [0.25, 0.3) is 0 Å². The van der Waals surface area contributed by atoms with E-state index in [4.69, 9.17) is 23.8 Å². The Morgan fingerprint density at radius 3 is 3.00 bits per heavy atom. The molecule has 0 saturated heterocycles. The minimum Gasteiger partial charge on any atom is -0.336 e. The van der Waals surface area contributed by atoms with Crippen LogP contribution < -0.4 is 0 Å². The van der Waals surface area contributed by atoms with Crippen molar-refractivity contribution in [2.24, 2.45) is 0 Å². The molecule has 0 radical (unpaired) electrons. The fraction of sp³-hybridized carbons (Fsp3) is 0.167. The third-order valence-corrected chi connectivity index (χ3v) is 3.54. The van der Waals surface area contributed by atoms with E-state index in [2.05, 4.69) is 14.5 Å². The summed E-state index contributed by atoms with van der Waals surface area (Å²) in [5.41, 5.74) is 1.93. The second kappa shape index (κ2) is 4.59. The van der Waals surface area contributed by atoms with Gasteiger partial charge in [0.05, 0.1) is 22.4 Å². The number of fused-ring (bicyclic) bond motifs is 1. The SMILES string of the molecule is S=c1[nH]c2c(Cl)cccc2n1CCn1ccnc1. The molecule has 18 heavy (non-hydrogen) atoms. The number of benzene rings is 1. The second-order valence-electron chi connectivity index (χ2n) is 4.02. The van der Waals surface area contributed by atoms with Crippen LogP contribution >= 0.6 is 23.8 Å². The third kappa shape index (κ3) is 1.95. The van der Waals surface area contributed by atoms with Crippen molar-refractivity contribution in [3.63, 3.8) is 0 Å². The Labute approximate surface area is 114 Å². The number of imidazole rings is 2. The highest BCUT2D eigenvalue weighted by Gasteiger charge is 2.06. The maximum absolute atomic E-state index is 6.14. The Morgan fingerprint density at radius 1 is 1.33 bits per heavy atom. The molecule has 0 amide bonds. The normalized spacial score (nSPS) is 11.2. The molecule has 2 heterocycles. The molecule has 0 saturated carbocycles. The number of aromatic amines is 1. The van der Waals surface area contributed by atoms with Gasteiger partial charge in [-0.05, 0) is 24.4 Å². The number of aryl methyl sites for hydroxylation is 2. The molecule has 4 nitrogen and oxygen atoms in total. The molecule has 3 rings (SSSR count). The van der Waals surface area contributed by atoms with Crippen LogP contribution in [0, 0.1) is 4.77 Å². The van der Waals surface area contributed by atoms with Crippen molar-refractivity contribution in [2.45, 2.75) is 13.1 Å². The average molecular weight is 279 g/mol. The standard InChI is InChI=1S/C12H11ClN4S/c13-9-2-1-3-10-11(9)15-12(18)17(10)7-6-16-5-4-14-8-16/h1-5,8H,6-7H2,(H,15,18). The van der Waals surface area contributed by atoms with Gasteiger partial charge in [-0.1, -0.05) is 17.7 Å². The molecule has 0 unspecified atom stereocenters. The Hall–Kier alpha value is -1.59. The fourth-order valence-corrected chi connectivity index (χ4v) is 2.51. The lowest BCUT2D eigenvalue weighted by Crippen LogP contribution is -2.05. The van der Waals surface area contributed by atoms with Crippen LogP contribution in [0.15, 0.2) is 36.9 Å². The van der Waals surface area contributed by atoms with Crippen LogP contribution in [0.5, 0.6) is 0 Å². The van der Waals surface area contributed by atoms with Gasteiger partial charge in [-0.15, -0.1) is 0 Å². The van der Waals surface area contributed by atoms with E-state index >= 15 is 0 Å². The van der Waals surface area contributed by atoms with E-state index in [1.54, 1.807) is 12.5 Å². The second-order valence-corrected chi connectivity index (χ2v) is 4.81. The minimum absolute atomic E-state index is 0.693. The third-order valence-electron chi connectivity index (χ3n) is 2.90. The number of H-pyrrole nitrogens is 1. The van der Waals surface area contributed by atoms with E-state index in [9.17, 15) is 0 Å². The Morgan fingerprint density at radius 2 is 2.22 bits per heavy atom. The van der Waals surface area contributed by atoms with Crippen molar-refractivity contribution >= 4 is 34.9 Å². The van der Waals surface area contributed by atoms with E-state index < -0.39 is 0 Å². The van der Waals surface area contributed by atoms with Crippen molar-refractivity contribution in [2.75, 3.05) is 0 Å². The van der Waals surface area contributed by atoms with E-state index in [1.807, 2.05) is 29.0 Å². The summed E-state index contributed by atoms with van der Waals surface area (Å²) in [5, 5.41) is 0.694. The lowest BCUT2D eigenvalue weighted by Gasteiger charge is -2.05. The molecule has 6 heteroatoms. The number of rotatable bonds is 3. The zero-order valence-electron chi connectivity index (χ0n) is 9.51. The number of hydrogen-bond donors (Lipinski definition) is 1. The maximum Gasteiger partial charge on any atom is 0.178 e. The first kappa shape index (κ1) is 11.5. The summed E-state index contributed by atoms with van der Waals surface area (Å²) in [6, 6.07) is 5.80. The number of hydrogen-bond acceptors (Lipinski definition) is 2. The van der Waals surface area contributed by atoms with Gasteiger partial charge in [-0.2, -0.15) is 0 Å². The summed E-state index contributed by atoms with van der Waals surface area (Å²) < 4.78 is 4.76. The van der Waals surface area contributed by atoms with Crippen LogP contribution in [0.25, 0.3) is 11.0 Å². The Balaban J connectivity index is 1.99. The average Bonchev–Trinajstić information content (AvgIpc) is 2.95. The van der Waals surface area contributed by atoms with Crippen molar-refractivity contribution < 1.29 is 0 Å². The van der Waals surface area contributed by atoms with E-state index in [-0.39, 0.29) is 0 Å². The van der Waals surface area contributed by atoms with Gasteiger partial charge < -0.3 is 14.1 Å². The lowest BCUT2D eigenvalue weighted by atomic mass is 10.3. The summed E-state index contributed by atoms with van der Waals surface area (Å²) in [4.78, 5) is 7.17. The number of aromatic nitrogens is 4. The maximum atomic E-state index is 6.14. The molecule has 0 aliphatic rings. The summed E-state index contributed by atoms with van der Waals surface area (Å²) in [5.74, 6) is 0. The topological polar surface area (TPSA) is 38.5 Å². The van der Waals surface area contributed by atoms with Crippen LogP contribution in [0.4, 0.5) is 0 Å². The van der Waals surface area contributed by atoms with Crippen LogP contribution in [0.3, 0.4) is 0 Å². The summed E-state index contributed by atoms with van der Waals surface area (Å²) >= 11 is 11.5. The van der Waals surface area contributed by atoms with Gasteiger partial charge in [0.2, 0.25) is 0 Å². The number of nitrogens with one attached hydrogen (secondary N) is 1. The summed E-state index contributed by atoms with van der Waals surface area (Å²) in [7, 11) is 0. The number of para-hydroxylation sites is 1. The van der Waals surface area contributed by atoms with E-state index in [1.165, 1.54) is 0 Å². The molecule has 0 atom stereocenters. The monoisotopic (exact) mass is 278 g/mol. The van der Waals surface area contributed by atoms with Gasteiger partial charge in [0, 0.05) is 25.5 Å². The van der Waals surface area contributed by atoms with Gasteiger partial charge in [0.15, 0.2) is 4.77 Å². The zero-order valence-corrected chi connectivity index (χ0v) is 11.1. The van der Waals surface area contributed by atoms with Crippen molar-refractivity contribution in [3.05, 3.63) is 46.7 Å². The molecule has 0 bridgehead atoms. The first-order chi connectivity index (χ1) is 8.75. The summed E-state index contributed by atoms with van der Waals surface area (Å²) in [6.07, 6.45) is 5.50. The van der Waals surface area contributed by atoms with E-state index in [0.29, 0.717) is 9.79 Å². The molecular weight excluding hydrogens is 268 g/mol. The van der Waals surface area contributed by atoms with Crippen molar-refractivity contribution in [1.82, 2.24) is 19.1 Å². The van der Waals surface area contributed by atoms with Crippen molar-refractivity contribution in [1.29, 1.82) is 0 Å². The van der Waals surface area contributed by atoms with Gasteiger partial charge in [-0.3, -0.25) is 0 Å². The molecule has 0 fully saturated rings. The Kier molecular flexibility index (Phi) is 2.93. The van der Waals surface area contributed by atoms with Crippen molar-refractivity contribution in [3.8, 4) is 0 Å². The highest BCUT2D eigenvalue weighted by atomic mass is 35.5. The zero-order chi connectivity index (χ0) is 12.5. The summed E-state index contributed by atoms with van der Waals surface area (Å²) in [6.45, 7) is 1.61. The Bertz CT molecular complexity index is 726. The van der Waals surface area contributed by atoms with Crippen LogP contribution in [-0.2, 0) is 13.1 Å². The number of nitrogens with zero attached hydrogens (tertiary/aromatic N) is 3. The quantitative estimate of drug-likeness (QED) is 0.747. The largest absolute Gasteiger partial charge is 0.336 e. The predicted molar refractivity (Wildman–Crippen MR) is 74.4 cm³/mol. The molecule has 0 aliphatic heterocycles. The highest BCUT2D eigenvalue weighted by Crippen LogP contribution is 2.22. The molecule has 1 aromatic carbocycles. The number of halogens is 1. The molecule has 0 spiro atoms. The molecule has 2 aromatic heterocycles. The van der Waals surface area contributed by atoms with E-state index in [0.717, 1.165) is 24.1 Å². The molecule has 1 N–H and O–H groups in total. The fourth-order valence-electron chi connectivity index (χ4n) is 2.00. The lowest BCUT2D eigenvalue weighted by molar-refractivity contribution is 0.584. The molecule has 92 valence electrons. The molecule has 3 aromatic rings. The smallest absolute Gasteiger partial charge is 0.178 e. The van der Waals surface area contributed by atoms with Gasteiger partial charge in [0.1, 0.15) is 0 Å². The van der Waals surface area contributed by atoms with Gasteiger partial charge in [-0.25, -0.2) is 4.98 Å². The highest BCUT2D eigenvalue weighted by molar-refractivity contribution is 7.71. The van der Waals surface area contributed by atoms with Gasteiger partial charge >= 0.3 is 0 Å². The predicted octanol–water partition coefficient (Wildman–Crippen LogP) is 3.25. The van der Waals surface area contributed by atoms with Crippen LogP contribution in [-0.4, -0.2) is 19.1 Å². The molecule has 0 aliphatic carbocycles. The molecular formula is C12H11ClN4S.